The van der Waals surface area contributed by atoms with Gasteiger partial charge in [0, 0.05) is 25.4 Å². The molecule has 0 saturated heterocycles. The first-order valence-corrected chi connectivity index (χ1v) is 6.36. The minimum absolute atomic E-state index is 0.269. The van der Waals surface area contributed by atoms with E-state index in [1.165, 1.54) is 23.9 Å². The molecule has 3 heteroatoms. The van der Waals surface area contributed by atoms with Gasteiger partial charge in [-0.3, -0.25) is 0 Å². The third-order valence-electron chi connectivity index (χ3n) is 4.15. The van der Waals surface area contributed by atoms with Crippen LogP contribution >= 0.6 is 0 Å². The summed E-state index contributed by atoms with van der Waals surface area (Å²) in [5.74, 6) is 1.15. The van der Waals surface area contributed by atoms with Crippen molar-refractivity contribution in [3.8, 4) is 0 Å². The first-order valence-electron chi connectivity index (χ1n) is 6.36. The summed E-state index contributed by atoms with van der Waals surface area (Å²) in [6, 6.07) is 6.62. The Morgan fingerprint density at radius 3 is 2.76 bits per heavy atom. The predicted molar refractivity (Wildman–Crippen MR) is 70.1 cm³/mol. The smallest absolute Gasteiger partial charge is 0.109 e. The fraction of sp³-hybridized carbons (Fsp3) is 0.500. The molecule has 1 heterocycles. The molecule has 0 spiro atoms. The highest BCUT2D eigenvalue weighted by atomic mass is 15.1. The zero-order valence-corrected chi connectivity index (χ0v) is 10.5. The molecule has 0 amide bonds. The van der Waals surface area contributed by atoms with E-state index < -0.39 is 0 Å². The second-order valence-electron chi connectivity index (χ2n) is 5.13. The molecule has 1 saturated carbocycles. The van der Waals surface area contributed by atoms with Gasteiger partial charge >= 0.3 is 0 Å². The molecule has 3 rings (SSSR count). The second kappa shape index (κ2) is 3.57. The average molecular weight is 229 g/mol. The lowest BCUT2D eigenvalue weighted by molar-refractivity contribution is 0.705. The van der Waals surface area contributed by atoms with Crippen molar-refractivity contribution in [1.82, 2.24) is 9.55 Å². The number of hydrogen-bond acceptors (Lipinski definition) is 2. The molecule has 3 nitrogen and oxygen atoms in total. The molecule has 1 fully saturated rings. The number of aryl methyl sites for hydroxylation is 2. The van der Waals surface area contributed by atoms with Crippen molar-refractivity contribution < 1.29 is 0 Å². The normalized spacial score (nSPS) is 17.6. The predicted octanol–water partition coefficient (Wildman–Crippen LogP) is 2.13. The van der Waals surface area contributed by atoms with Gasteiger partial charge in [-0.25, -0.2) is 4.98 Å². The fourth-order valence-corrected chi connectivity index (χ4v) is 2.65. The van der Waals surface area contributed by atoms with E-state index in [9.17, 15) is 0 Å². The maximum atomic E-state index is 5.89. The van der Waals surface area contributed by atoms with Gasteiger partial charge in [-0.2, -0.15) is 0 Å². The maximum absolute atomic E-state index is 5.89. The van der Waals surface area contributed by atoms with Crippen molar-refractivity contribution in [3.63, 3.8) is 0 Å². The third kappa shape index (κ3) is 1.49. The molecule has 2 aromatic rings. The molecule has 1 aliphatic carbocycles. The summed E-state index contributed by atoms with van der Waals surface area (Å²) >= 11 is 0. The Hall–Kier alpha value is -1.35. The van der Waals surface area contributed by atoms with E-state index in [0.717, 1.165) is 24.3 Å². The monoisotopic (exact) mass is 229 g/mol. The first-order chi connectivity index (χ1) is 8.20. The van der Waals surface area contributed by atoms with Crippen LogP contribution in [0.3, 0.4) is 0 Å². The van der Waals surface area contributed by atoms with Gasteiger partial charge in [-0.05, 0) is 30.5 Å². The maximum Gasteiger partial charge on any atom is 0.109 e. The number of nitrogens with two attached hydrogens (primary N) is 1. The van der Waals surface area contributed by atoms with Crippen LogP contribution in [-0.2, 0) is 18.9 Å². The van der Waals surface area contributed by atoms with Gasteiger partial charge in [0.05, 0.1) is 11.0 Å². The van der Waals surface area contributed by atoms with Gasteiger partial charge in [0.15, 0.2) is 0 Å². The molecule has 1 aromatic heterocycles. The Morgan fingerprint density at radius 1 is 1.41 bits per heavy atom. The van der Waals surface area contributed by atoms with E-state index in [1.54, 1.807) is 0 Å². The summed E-state index contributed by atoms with van der Waals surface area (Å²) in [6.07, 6.45) is 3.43. The Bertz CT molecular complexity index is 564. The largest absolute Gasteiger partial charge is 0.331 e. The molecular formula is C14H19N3. The lowest BCUT2D eigenvalue weighted by Crippen LogP contribution is -2.19. The van der Waals surface area contributed by atoms with Gasteiger partial charge in [-0.1, -0.05) is 13.0 Å². The molecule has 1 aliphatic rings. The Labute approximate surface area is 102 Å². The molecule has 1 aromatic carbocycles. The Balaban J connectivity index is 2.15. The number of benzene rings is 1. The Morgan fingerprint density at radius 2 is 2.18 bits per heavy atom. The highest BCUT2D eigenvalue weighted by molar-refractivity contribution is 5.77. The number of fused-ring (bicyclic) bond motifs is 1. The van der Waals surface area contributed by atoms with Crippen molar-refractivity contribution in [2.45, 2.75) is 31.6 Å². The van der Waals surface area contributed by atoms with Gasteiger partial charge in [0.25, 0.3) is 0 Å². The minimum Gasteiger partial charge on any atom is -0.331 e. The van der Waals surface area contributed by atoms with Crippen LogP contribution in [0.15, 0.2) is 18.2 Å². The molecule has 0 aliphatic heterocycles. The molecule has 17 heavy (non-hydrogen) atoms. The zero-order chi connectivity index (χ0) is 12.0. The summed E-state index contributed by atoms with van der Waals surface area (Å²) in [5.41, 5.74) is 9.88. The van der Waals surface area contributed by atoms with E-state index >= 15 is 0 Å². The standard InChI is InChI=1S/C14H19N3/c1-3-13-16-11-5-4-10(8-12(11)17(13)2)14(9-15)6-7-14/h4-5,8H,3,6-7,9,15H2,1-2H3. The Kier molecular flexibility index (Phi) is 2.26. The number of imidazole rings is 1. The van der Waals surface area contributed by atoms with E-state index in [0.29, 0.717) is 0 Å². The van der Waals surface area contributed by atoms with Crippen LogP contribution in [0, 0.1) is 0 Å². The van der Waals surface area contributed by atoms with Crippen molar-refractivity contribution in [2.24, 2.45) is 12.8 Å². The molecule has 0 atom stereocenters. The minimum atomic E-state index is 0.269. The molecule has 2 N–H and O–H groups in total. The quantitative estimate of drug-likeness (QED) is 0.876. The summed E-state index contributed by atoms with van der Waals surface area (Å²) < 4.78 is 2.20. The molecule has 0 unspecified atom stereocenters. The van der Waals surface area contributed by atoms with Crippen molar-refractivity contribution in [2.75, 3.05) is 6.54 Å². The van der Waals surface area contributed by atoms with Gasteiger partial charge < -0.3 is 10.3 Å². The van der Waals surface area contributed by atoms with Gasteiger partial charge in [0.1, 0.15) is 5.82 Å². The lowest BCUT2D eigenvalue weighted by Gasteiger charge is -2.12. The molecular weight excluding hydrogens is 210 g/mol. The van der Waals surface area contributed by atoms with Crippen LogP contribution in [0.4, 0.5) is 0 Å². The molecule has 0 bridgehead atoms. The highest BCUT2D eigenvalue weighted by Gasteiger charge is 2.42. The third-order valence-corrected chi connectivity index (χ3v) is 4.15. The van der Waals surface area contributed by atoms with Crippen LogP contribution < -0.4 is 5.73 Å². The van der Waals surface area contributed by atoms with Crippen LogP contribution in [0.5, 0.6) is 0 Å². The lowest BCUT2D eigenvalue weighted by atomic mass is 9.96. The van der Waals surface area contributed by atoms with Crippen LogP contribution in [-0.4, -0.2) is 16.1 Å². The summed E-state index contributed by atoms with van der Waals surface area (Å²) in [4.78, 5) is 4.63. The summed E-state index contributed by atoms with van der Waals surface area (Å²) in [6.45, 7) is 2.90. The topological polar surface area (TPSA) is 43.8 Å². The van der Waals surface area contributed by atoms with Crippen LogP contribution in [0.2, 0.25) is 0 Å². The van der Waals surface area contributed by atoms with E-state index in [1.807, 2.05) is 0 Å². The SMILES string of the molecule is CCc1nc2ccc(C3(CN)CC3)cc2n1C. The zero-order valence-electron chi connectivity index (χ0n) is 10.5. The van der Waals surface area contributed by atoms with Crippen molar-refractivity contribution in [1.29, 1.82) is 0 Å². The highest BCUT2D eigenvalue weighted by Crippen LogP contribution is 2.47. The van der Waals surface area contributed by atoms with Crippen molar-refractivity contribution >= 4 is 11.0 Å². The van der Waals surface area contributed by atoms with E-state index in [4.69, 9.17) is 5.73 Å². The fourth-order valence-electron chi connectivity index (χ4n) is 2.65. The van der Waals surface area contributed by atoms with Gasteiger partial charge in [0.2, 0.25) is 0 Å². The average Bonchev–Trinajstić information content (AvgIpc) is 3.10. The first kappa shape index (κ1) is 10.8. The number of nitrogens with zero attached hydrogens (tertiary/aromatic N) is 2. The van der Waals surface area contributed by atoms with Crippen molar-refractivity contribution in [3.05, 3.63) is 29.6 Å². The number of aromatic nitrogens is 2. The van der Waals surface area contributed by atoms with E-state index in [-0.39, 0.29) is 5.41 Å². The molecule has 0 radical (unpaired) electrons. The molecule has 90 valence electrons. The number of rotatable bonds is 3. The van der Waals surface area contributed by atoms with Crippen LogP contribution in [0.1, 0.15) is 31.2 Å². The van der Waals surface area contributed by atoms with Gasteiger partial charge in [-0.15, -0.1) is 0 Å². The number of hydrogen-bond donors (Lipinski definition) is 1. The van der Waals surface area contributed by atoms with E-state index in [2.05, 4.69) is 41.7 Å². The van der Waals surface area contributed by atoms with Crippen LogP contribution in [0.25, 0.3) is 11.0 Å². The summed E-state index contributed by atoms with van der Waals surface area (Å²) in [7, 11) is 2.10. The summed E-state index contributed by atoms with van der Waals surface area (Å²) in [5, 5.41) is 0. The second-order valence-corrected chi connectivity index (χ2v) is 5.13.